The molecule has 5 rings (SSSR count). The van der Waals surface area contributed by atoms with Crippen molar-refractivity contribution >= 4 is 27.9 Å². The molecule has 0 unspecified atom stereocenters. The topological polar surface area (TPSA) is 70.8 Å². The average Bonchev–Trinajstić information content (AvgIpc) is 3.28. The fourth-order valence-electron chi connectivity index (χ4n) is 2.72. The third kappa shape index (κ3) is 3.17. The number of hydrogen-bond donors (Lipinski definition) is 0. The van der Waals surface area contributed by atoms with Crippen LogP contribution in [0.1, 0.15) is 5.82 Å². The minimum absolute atomic E-state index is 0.257. The molecule has 4 aromatic rings. The highest BCUT2D eigenvalue weighted by Gasteiger charge is 2.17. The van der Waals surface area contributed by atoms with Crippen molar-refractivity contribution in [1.29, 1.82) is 0 Å². The Kier molecular flexibility index (Phi) is 4.06. The molecule has 0 aliphatic carbocycles. The Morgan fingerprint density at radius 3 is 2.70 bits per heavy atom. The van der Waals surface area contributed by atoms with Crippen LogP contribution in [-0.4, -0.2) is 33.0 Å². The summed E-state index contributed by atoms with van der Waals surface area (Å²) in [5.74, 6) is 2.82. The van der Waals surface area contributed by atoms with Crippen molar-refractivity contribution in [2.75, 3.05) is 13.2 Å². The van der Waals surface area contributed by atoms with Crippen molar-refractivity contribution in [3.05, 3.63) is 53.3 Å². The Morgan fingerprint density at radius 1 is 1.04 bits per heavy atom. The Balaban J connectivity index is 1.40. The van der Waals surface area contributed by atoms with Gasteiger partial charge in [0.2, 0.25) is 4.96 Å². The van der Waals surface area contributed by atoms with Crippen LogP contribution in [-0.2, 0) is 6.61 Å². The van der Waals surface area contributed by atoms with Gasteiger partial charge in [0.25, 0.3) is 0 Å². The third-order valence-electron chi connectivity index (χ3n) is 4.03. The maximum absolute atomic E-state index is 5.89. The van der Waals surface area contributed by atoms with Gasteiger partial charge in [0.1, 0.15) is 30.6 Å². The van der Waals surface area contributed by atoms with Crippen molar-refractivity contribution < 1.29 is 14.2 Å². The van der Waals surface area contributed by atoms with E-state index in [4.69, 9.17) is 25.8 Å². The molecule has 0 N–H and O–H groups in total. The van der Waals surface area contributed by atoms with Gasteiger partial charge in [0.15, 0.2) is 17.3 Å². The second kappa shape index (κ2) is 6.71. The first-order chi connectivity index (χ1) is 13.3. The van der Waals surface area contributed by atoms with Gasteiger partial charge in [-0.15, -0.1) is 10.2 Å². The van der Waals surface area contributed by atoms with E-state index in [9.17, 15) is 0 Å². The smallest absolute Gasteiger partial charge is 0.235 e. The number of fused-ring (bicyclic) bond motifs is 2. The highest BCUT2D eigenvalue weighted by atomic mass is 35.5. The van der Waals surface area contributed by atoms with Crippen LogP contribution in [0.5, 0.6) is 17.2 Å². The Morgan fingerprint density at radius 2 is 1.85 bits per heavy atom. The van der Waals surface area contributed by atoms with Crippen LogP contribution >= 0.6 is 22.9 Å². The van der Waals surface area contributed by atoms with Crippen molar-refractivity contribution in [3.63, 3.8) is 0 Å². The first-order valence-electron chi connectivity index (χ1n) is 8.26. The molecule has 0 amide bonds. The lowest BCUT2D eigenvalue weighted by molar-refractivity contribution is 0.171. The summed E-state index contributed by atoms with van der Waals surface area (Å²) in [6.45, 7) is 1.38. The largest absolute Gasteiger partial charge is 0.486 e. The molecule has 2 aromatic heterocycles. The lowest BCUT2D eigenvalue weighted by Crippen LogP contribution is -2.15. The quantitative estimate of drug-likeness (QED) is 0.518. The fraction of sp³-hybridized carbons (Fsp3) is 0.167. The van der Waals surface area contributed by atoms with Gasteiger partial charge in [0.05, 0.1) is 0 Å². The summed E-state index contributed by atoms with van der Waals surface area (Å²) in [5, 5.41) is 14.5. The predicted octanol–water partition coefficient (Wildman–Crippen LogP) is 3.86. The lowest BCUT2D eigenvalue weighted by Gasteiger charge is -2.18. The number of rotatable bonds is 4. The molecular formula is C18H13ClN4O3S. The van der Waals surface area contributed by atoms with Gasteiger partial charge in [-0.25, -0.2) is 0 Å². The number of nitrogens with zero attached hydrogens (tertiary/aromatic N) is 4. The van der Waals surface area contributed by atoms with Gasteiger partial charge in [-0.05, 0) is 42.5 Å². The Labute approximate surface area is 163 Å². The zero-order chi connectivity index (χ0) is 18.2. The van der Waals surface area contributed by atoms with Crippen LogP contribution in [0.3, 0.4) is 0 Å². The van der Waals surface area contributed by atoms with Crippen LogP contribution in [0.2, 0.25) is 5.02 Å². The second-order valence-corrected chi connectivity index (χ2v) is 7.21. The molecule has 3 heterocycles. The predicted molar refractivity (Wildman–Crippen MR) is 101 cm³/mol. The van der Waals surface area contributed by atoms with Crippen molar-refractivity contribution in [2.45, 2.75) is 6.61 Å². The molecule has 136 valence electrons. The molecule has 9 heteroatoms. The molecular weight excluding hydrogens is 388 g/mol. The van der Waals surface area contributed by atoms with Gasteiger partial charge in [0, 0.05) is 10.6 Å². The van der Waals surface area contributed by atoms with E-state index in [0.717, 1.165) is 22.1 Å². The maximum Gasteiger partial charge on any atom is 0.235 e. The van der Waals surface area contributed by atoms with Crippen LogP contribution in [0.25, 0.3) is 15.5 Å². The van der Waals surface area contributed by atoms with E-state index < -0.39 is 0 Å². The van der Waals surface area contributed by atoms with Crippen LogP contribution < -0.4 is 14.2 Å². The summed E-state index contributed by atoms with van der Waals surface area (Å²) >= 11 is 7.34. The van der Waals surface area contributed by atoms with Crippen LogP contribution in [0.4, 0.5) is 0 Å². The second-order valence-electron chi connectivity index (χ2n) is 5.82. The minimum Gasteiger partial charge on any atom is -0.486 e. The standard InChI is InChI=1S/C18H13ClN4O3S/c19-12-2-4-13(5-3-12)26-10-16-20-21-18-23(16)22-17(27-18)11-1-6-14-15(9-11)25-8-7-24-14/h1-6,9H,7-8,10H2. The molecule has 0 bridgehead atoms. The number of ether oxygens (including phenoxy) is 3. The summed E-state index contributed by atoms with van der Waals surface area (Å²) in [6, 6.07) is 13.0. The molecule has 0 atom stereocenters. The van der Waals surface area contributed by atoms with Gasteiger partial charge in [-0.1, -0.05) is 22.9 Å². The zero-order valence-electron chi connectivity index (χ0n) is 14.0. The molecule has 0 saturated heterocycles. The first-order valence-corrected chi connectivity index (χ1v) is 9.45. The van der Waals surface area contributed by atoms with Gasteiger partial charge in [-0.2, -0.15) is 9.61 Å². The first kappa shape index (κ1) is 16.3. The van der Waals surface area contributed by atoms with Crippen LogP contribution in [0, 0.1) is 0 Å². The fourth-order valence-corrected chi connectivity index (χ4v) is 3.70. The van der Waals surface area contributed by atoms with E-state index in [1.165, 1.54) is 11.3 Å². The molecule has 0 saturated carbocycles. The van der Waals surface area contributed by atoms with E-state index in [0.29, 0.717) is 34.8 Å². The van der Waals surface area contributed by atoms with Crippen molar-refractivity contribution in [1.82, 2.24) is 19.8 Å². The van der Waals surface area contributed by atoms with Gasteiger partial charge >= 0.3 is 0 Å². The summed E-state index contributed by atoms with van der Waals surface area (Å²) in [6.07, 6.45) is 0. The normalized spacial score (nSPS) is 13.1. The third-order valence-corrected chi connectivity index (χ3v) is 5.23. The van der Waals surface area contributed by atoms with Crippen molar-refractivity contribution in [2.24, 2.45) is 0 Å². The minimum atomic E-state index is 0.257. The molecule has 2 aromatic carbocycles. The lowest BCUT2D eigenvalue weighted by atomic mass is 10.2. The van der Waals surface area contributed by atoms with Crippen LogP contribution in [0.15, 0.2) is 42.5 Å². The molecule has 0 spiro atoms. The maximum atomic E-state index is 5.89. The number of halogens is 1. The summed E-state index contributed by atoms with van der Waals surface area (Å²) in [4.78, 5) is 0.703. The molecule has 1 aliphatic heterocycles. The molecule has 0 fully saturated rings. The van der Waals surface area contributed by atoms with E-state index in [-0.39, 0.29) is 6.61 Å². The SMILES string of the molecule is Clc1ccc(OCc2nnc3sc(-c4ccc5c(c4)OCCO5)nn23)cc1. The monoisotopic (exact) mass is 400 g/mol. The number of aromatic nitrogens is 4. The molecule has 7 nitrogen and oxygen atoms in total. The molecule has 27 heavy (non-hydrogen) atoms. The van der Waals surface area contributed by atoms with Gasteiger partial charge in [-0.3, -0.25) is 0 Å². The Hall–Kier alpha value is -2.84. The van der Waals surface area contributed by atoms with E-state index in [2.05, 4.69) is 15.3 Å². The van der Waals surface area contributed by atoms with Crippen molar-refractivity contribution in [3.8, 4) is 27.8 Å². The Bertz CT molecular complexity index is 1110. The summed E-state index contributed by atoms with van der Waals surface area (Å²) < 4.78 is 18.7. The van der Waals surface area contributed by atoms with E-state index >= 15 is 0 Å². The van der Waals surface area contributed by atoms with Gasteiger partial charge < -0.3 is 14.2 Å². The molecule has 0 radical (unpaired) electrons. The van der Waals surface area contributed by atoms with E-state index in [1.54, 1.807) is 16.6 Å². The zero-order valence-corrected chi connectivity index (χ0v) is 15.5. The number of hydrogen-bond acceptors (Lipinski definition) is 7. The highest BCUT2D eigenvalue weighted by Crippen LogP contribution is 2.35. The number of benzene rings is 2. The van der Waals surface area contributed by atoms with E-state index in [1.807, 2.05) is 30.3 Å². The summed E-state index contributed by atoms with van der Waals surface area (Å²) in [5.41, 5.74) is 0.944. The average molecular weight is 401 g/mol. The molecule has 1 aliphatic rings. The summed E-state index contributed by atoms with van der Waals surface area (Å²) in [7, 11) is 0. The highest BCUT2D eigenvalue weighted by molar-refractivity contribution is 7.19.